The zero-order valence-corrected chi connectivity index (χ0v) is 11.8. The summed E-state index contributed by atoms with van der Waals surface area (Å²) in [4.78, 5) is 0. The van der Waals surface area contributed by atoms with Gasteiger partial charge in [0, 0.05) is 12.7 Å². The van der Waals surface area contributed by atoms with Gasteiger partial charge >= 0.3 is 8.05 Å². The molecule has 2 aromatic rings. The molecular formula is C16H15BN2O. The van der Waals surface area contributed by atoms with E-state index in [9.17, 15) is 5.26 Å². The van der Waals surface area contributed by atoms with Gasteiger partial charge in [-0.15, -0.1) is 0 Å². The summed E-state index contributed by atoms with van der Waals surface area (Å²) in [6, 6.07) is 13.6. The van der Waals surface area contributed by atoms with Crippen molar-refractivity contribution in [2.24, 2.45) is 7.05 Å². The maximum absolute atomic E-state index is 9.48. The Morgan fingerprint density at radius 2 is 1.90 bits per heavy atom. The van der Waals surface area contributed by atoms with Crippen LogP contribution in [0, 0.1) is 25.2 Å². The maximum atomic E-state index is 9.48. The minimum absolute atomic E-state index is 0.395. The molecule has 0 saturated heterocycles. The molecule has 2 radical (unpaired) electrons. The fourth-order valence-corrected chi connectivity index (χ4v) is 2.34. The summed E-state index contributed by atoms with van der Waals surface area (Å²) in [5.74, 6) is 0.395. The van der Waals surface area contributed by atoms with Gasteiger partial charge < -0.3 is 9.22 Å². The van der Waals surface area contributed by atoms with E-state index < -0.39 is 0 Å². The molecule has 0 N–H and O–H groups in total. The van der Waals surface area contributed by atoms with Gasteiger partial charge in [0.25, 0.3) is 0 Å². The molecule has 0 fully saturated rings. The van der Waals surface area contributed by atoms with Crippen molar-refractivity contribution >= 4 is 19.4 Å². The number of hydrogen-bond donors (Lipinski definition) is 0. The lowest BCUT2D eigenvalue weighted by Gasteiger charge is -2.13. The van der Waals surface area contributed by atoms with Crippen molar-refractivity contribution in [3.05, 3.63) is 58.9 Å². The van der Waals surface area contributed by atoms with Gasteiger partial charge in [-0.2, -0.15) is 5.26 Å². The minimum Gasteiger partial charge on any atom is -0.566 e. The third-order valence-corrected chi connectivity index (χ3v) is 3.40. The molecular weight excluding hydrogens is 247 g/mol. The van der Waals surface area contributed by atoms with Gasteiger partial charge in [0.15, 0.2) is 0 Å². The molecule has 2 rings (SSSR count). The van der Waals surface area contributed by atoms with Crippen LogP contribution < -0.4 is 0 Å². The number of rotatable bonds is 3. The molecule has 3 nitrogen and oxygen atoms in total. The Hall–Kier alpha value is -2.41. The molecule has 4 heteroatoms. The summed E-state index contributed by atoms with van der Waals surface area (Å²) in [7, 11) is 7.37. The van der Waals surface area contributed by atoms with Gasteiger partial charge in [-0.1, -0.05) is 30.3 Å². The Bertz CT molecular complexity index is 693. The van der Waals surface area contributed by atoms with Gasteiger partial charge in [-0.25, -0.2) is 0 Å². The van der Waals surface area contributed by atoms with Crippen LogP contribution in [0.25, 0.3) is 11.3 Å². The van der Waals surface area contributed by atoms with Crippen LogP contribution >= 0.6 is 0 Å². The topological polar surface area (TPSA) is 37.9 Å². The van der Waals surface area contributed by atoms with E-state index in [0.29, 0.717) is 11.3 Å². The summed E-state index contributed by atoms with van der Waals surface area (Å²) in [6.07, 6.45) is 0. The highest BCUT2D eigenvalue weighted by Gasteiger charge is 2.17. The molecule has 1 aromatic heterocycles. The van der Waals surface area contributed by atoms with E-state index in [-0.39, 0.29) is 0 Å². The van der Waals surface area contributed by atoms with Gasteiger partial charge in [0.05, 0.1) is 5.69 Å². The van der Waals surface area contributed by atoms with Gasteiger partial charge in [0.1, 0.15) is 17.4 Å². The molecule has 98 valence electrons. The predicted molar refractivity (Wildman–Crippen MR) is 80.6 cm³/mol. The van der Waals surface area contributed by atoms with E-state index in [2.05, 4.69) is 6.07 Å². The number of allylic oxidation sites excluding steroid dienone is 1. The first-order chi connectivity index (χ1) is 9.60. The third kappa shape index (κ3) is 2.35. The minimum atomic E-state index is 0.395. The van der Waals surface area contributed by atoms with Crippen molar-refractivity contribution < 1.29 is 4.65 Å². The number of benzene rings is 1. The molecule has 20 heavy (non-hydrogen) atoms. The molecule has 0 saturated carbocycles. The van der Waals surface area contributed by atoms with Crippen LogP contribution in [0.1, 0.15) is 22.5 Å². The van der Waals surface area contributed by atoms with E-state index in [1.54, 1.807) is 0 Å². The predicted octanol–water partition coefficient (Wildman–Crippen LogP) is 3.13. The molecule has 0 spiro atoms. The lowest BCUT2D eigenvalue weighted by Crippen LogP contribution is -2.03. The fourth-order valence-electron chi connectivity index (χ4n) is 2.34. The highest BCUT2D eigenvalue weighted by molar-refractivity contribution is 6.06. The smallest absolute Gasteiger partial charge is 0.374 e. The summed E-state index contributed by atoms with van der Waals surface area (Å²) < 4.78 is 7.03. The molecule has 0 amide bonds. The quantitative estimate of drug-likeness (QED) is 0.484. The van der Waals surface area contributed by atoms with E-state index in [0.717, 1.165) is 22.5 Å². The van der Waals surface area contributed by atoms with Gasteiger partial charge in [-0.3, -0.25) is 0 Å². The second kappa shape index (κ2) is 5.71. The lowest BCUT2D eigenvalue weighted by atomic mass is 10.0. The third-order valence-electron chi connectivity index (χ3n) is 3.40. The Morgan fingerprint density at radius 1 is 1.25 bits per heavy atom. The molecule has 0 aliphatic carbocycles. The summed E-state index contributed by atoms with van der Waals surface area (Å²) in [5.41, 5.74) is 4.14. The average molecular weight is 262 g/mol. The van der Waals surface area contributed by atoms with E-state index in [1.807, 2.05) is 61.9 Å². The summed E-state index contributed by atoms with van der Waals surface area (Å²) in [6.45, 7) is 3.97. The maximum Gasteiger partial charge on any atom is 0.374 e. The summed E-state index contributed by atoms with van der Waals surface area (Å²) >= 11 is 0. The van der Waals surface area contributed by atoms with Crippen LogP contribution in [0.3, 0.4) is 0 Å². The monoisotopic (exact) mass is 262 g/mol. The molecule has 0 aliphatic rings. The number of aryl methyl sites for hydroxylation is 2. The van der Waals surface area contributed by atoms with Crippen LogP contribution in [0.4, 0.5) is 0 Å². The normalized spacial score (nSPS) is 11.7. The molecule has 1 aromatic carbocycles. The van der Waals surface area contributed by atoms with E-state index >= 15 is 0 Å². The average Bonchev–Trinajstić information content (AvgIpc) is 2.71. The van der Waals surface area contributed by atoms with Gasteiger partial charge in [-0.05, 0) is 31.0 Å². The zero-order chi connectivity index (χ0) is 14.7. The zero-order valence-electron chi connectivity index (χ0n) is 11.8. The standard InChI is InChI=1S/C16H15BN2O/c1-11-9-12(2)19(3)15(11)16(20-17)14(10-18)13-7-5-4-6-8-13/h4-9H,1-3H3. The summed E-state index contributed by atoms with van der Waals surface area (Å²) in [5, 5.41) is 9.48. The Kier molecular flexibility index (Phi) is 4.00. The van der Waals surface area contributed by atoms with Crippen molar-refractivity contribution in [3.8, 4) is 6.07 Å². The fraction of sp³-hybridized carbons (Fsp3) is 0.188. The van der Waals surface area contributed by atoms with Crippen LogP contribution in [0.5, 0.6) is 0 Å². The number of aromatic nitrogens is 1. The van der Waals surface area contributed by atoms with Crippen molar-refractivity contribution in [3.63, 3.8) is 0 Å². The van der Waals surface area contributed by atoms with Crippen molar-refractivity contribution in [2.75, 3.05) is 0 Å². The van der Waals surface area contributed by atoms with Gasteiger partial charge in [0.2, 0.25) is 0 Å². The second-order valence-corrected chi connectivity index (χ2v) is 4.68. The largest absolute Gasteiger partial charge is 0.566 e. The van der Waals surface area contributed by atoms with E-state index in [1.165, 1.54) is 0 Å². The number of nitrogens with zero attached hydrogens (tertiary/aromatic N) is 2. The number of hydrogen-bond acceptors (Lipinski definition) is 2. The van der Waals surface area contributed by atoms with Crippen LogP contribution in [0.2, 0.25) is 0 Å². The molecule has 1 heterocycles. The number of nitriles is 1. The Labute approximate surface area is 120 Å². The van der Waals surface area contributed by atoms with Crippen molar-refractivity contribution in [2.45, 2.75) is 13.8 Å². The highest BCUT2D eigenvalue weighted by Crippen LogP contribution is 2.29. The molecule has 0 bridgehead atoms. The first kappa shape index (κ1) is 14.0. The first-order valence-electron chi connectivity index (χ1n) is 6.30. The van der Waals surface area contributed by atoms with Crippen LogP contribution in [-0.2, 0) is 11.7 Å². The molecule has 0 aliphatic heterocycles. The molecule has 0 unspecified atom stereocenters. The van der Waals surface area contributed by atoms with Crippen molar-refractivity contribution in [1.82, 2.24) is 4.57 Å². The SMILES string of the molecule is [B]OC(=C(C#N)c1ccccc1)c1c(C)cc(C)n1C. The van der Waals surface area contributed by atoms with Crippen LogP contribution in [0.15, 0.2) is 36.4 Å². The molecule has 0 atom stereocenters. The first-order valence-corrected chi connectivity index (χ1v) is 6.30. The Balaban J connectivity index is 2.72. The second-order valence-electron chi connectivity index (χ2n) is 4.68. The van der Waals surface area contributed by atoms with E-state index in [4.69, 9.17) is 12.7 Å². The highest BCUT2D eigenvalue weighted by atomic mass is 16.4. The Morgan fingerprint density at radius 3 is 2.35 bits per heavy atom. The van der Waals surface area contributed by atoms with Crippen LogP contribution in [-0.4, -0.2) is 12.6 Å². The van der Waals surface area contributed by atoms with Crippen molar-refractivity contribution in [1.29, 1.82) is 5.26 Å². The lowest BCUT2D eigenvalue weighted by molar-refractivity contribution is 0.564.